The Labute approximate surface area is 121 Å². The van der Waals surface area contributed by atoms with Crippen LogP contribution in [0, 0.1) is 5.92 Å². The third kappa shape index (κ3) is 3.73. The van der Waals surface area contributed by atoms with E-state index in [1.54, 1.807) is 0 Å². The molecule has 1 saturated heterocycles. The van der Waals surface area contributed by atoms with Crippen molar-refractivity contribution in [3.8, 4) is 0 Å². The molecule has 1 fully saturated rings. The molecule has 20 heavy (non-hydrogen) atoms. The van der Waals surface area contributed by atoms with Crippen LogP contribution in [-0.4, -0.2) is 32.6 Å². The number of carbonyl (C=O) groups excluding carboxylic acids is 1. The molecule has 1 aliphatic rings. The lowest BCUT2D eigenvalue weighted by Crippen LogP contribution is -2.50. The quantitative estimate of drug-likeness (QED) is 0.880. The van der Waals surface area contributed by atoms with Crippen LogP contribution >= 0.6 is 0 Å². The summed E-state index contributed by atoms with van der Waals surface area (Å²) in [5.74, 6) is 0.536. The number of anilines is 1. The molecule has 0 bridgehead atoms. The number of benzene rings is 1. The zero-order valence-corrected chi connectivity index (χ0v) is 12.6. The molecule has 0 aromatic heterocycles. The summed E-state index contributed by atoms with van der Waals surface area (Å²) in [4.78, 5) is 14.2. The number of nitrogens with zero attached hydrogens (tertiary/aromatic N) is 1. The van der Waals surface area contributed by atoms with Crippen LogP contribution in [-0.2, 0) is 11.3 Å². The van der Waals surface area contributed by atoms with Gasteiger partial charge in [0.25, 0.3) is 0 Å². The van der Waals surface area contributed by atoms with Crippen molar-refractivity contribution in [3.63, 3.8) is 0 Å². The number of amides is 1. The van der Waals surface area contributed by atoms with E-state index in [9.17, 15) is 4.79 Å². The van der Waals surface area contributed by atoms with Gasteiger partial charge in [0.15, 0.2) is 0 Å². The van der Waals surface area contributed by atoms with Gasteiger partial charge in [0.1, 0.15) is 0 Å². The summed E-state index contributed by atoms with van der Waals surface area (Å²) in [6.45, 7) is 3.68. The zero-order valence-electron chi connectivity index (χ0n) is 12.6. The maximum absolute atomic E-state index is 12.2. The Kier molecular flexibility index (Phi) is 5.01. The smallest absolute Gasteiger partial charge is 0.237 e. The van der Waals surface area contributed by atoms with Crippen LogP contribution < -0.4 is 15.5 Å². The summed E-state index contributed by atoms with van der Waals surface area (Å²) in [5, 5.41) is 6.34. The summed E-state index contributed by atoms with van der Waals surface area (Å²) >= 11 is 0. The molecule has 2 atom stereocenters. The predicted molar refractivity (Wildman–Crippen MR) is 82.8 cm³/mol. The minimum Gasteiger partial charge on any atom is -0.378 e. The first kappa shape index (κ1) is 14.9. The fraction of sp³-hybridized carbons (Fsp3) is 0.562. The van der Waals surface area contributed by atoms with Crippen molar-refractivity contribution in [1.29, 1.82) is 0 Å². The van der Waals surface area contributed by atoms with Gasteiger partial charge in [0.05, 0.1) is 6.04 Å². The van der Waals surface area contributed by atoms with Crippen molar-refractivity contribution < 1.29 is 4.79 Å². The monoisotopic (exact) mass is 275 g/mol. The van der Waals surface area contributed by atoms with Gasteiger partial charge in [-0.05, 0) is 43.0 Å². The van der Waals surface area contributed by atoms with E-state index in [1.807, 2.05) is 14.1 Å². The molecular weight excluding hydrogens is 250 g/mol. The topological polar surface area (TPSA) is 44.4 Å². The Hall–Kier alpha value is -1.55. The van der Waals surface area contributed by atoms with Gasteiger partial charge in [-0.3, -0.25) is 4.79 Å². The molecule has 110 valence electrons. The maximum Gasteiger partial charge on any atom is 0.237 e. The van der Waals surface area contributed by atoms with E-state index < -0.39 is 0 Å². The molecule has 1 aliphatic heterocycles. The van der Waals surface area contributed by atoms with Crippen molar-refractivity contribution >= 4 is 11.6 Å². The molecule has 2 rings (SSSR count). The van der Waals surface area contributed by atoms with Gasteiger partial charge in [-0.2, -0.15) is 0 Å². The van der Waals surface area contributed by atoms with Crippen molar-refractivity contribution in [1.82, 2.24) is 10.6 Å². The highest BCUT2D eigenvalue weighted by Gasteiger charge is 2.26. The maximum atomic E-state index is 12.2. The van der Waals surface area contributed by atoms with Gasteiger partial charge in [0, 0.05) is 26.3 Å². The predicted octanol–water partition coefficient (Wildman–Crippen LogP) is 1.76. The first-order valence-electron chi connectivity index (χ1n) is 7.35. The van der Waals surface area contributed by atoms with Crippen molar-refractivity contribution in [2.75, 3.05) is 25.5 Å². The minimum absolute atomic E-state index is 0.0372. The molecule has 2 unspecified atom stereocenters. The van der Waals surface area contributed by atoms with E-state index in [2.05, 4.69) is 46.7 Å². The van der Waals surface area contributed by atoms with Crippen molar-refractivity contribution in [2.45, 2.75) is 32.4 Å². The Morgan fingerprint density at radius 2 is 2.05 bits per heavy atom. The first-order valence-corrected chi connectivity index (χ1v) is 7.35. The summed E-state index contributed by atoms with van der Waals surface area (Å²) in [5.41, 5.74) is 2.30. The molecule has 0 saturated carbocycles. The highest BCUT2D eigenvalue weighted by Crippen LogP contribution is 2.16. The molecule has 4 nitrogen and oxygen atoms in total. The van der Waals surface area contributed by atoms with Crippen LogP contribution in [0.25, 0.3) is 0 Å². The molecule has 0 spiro atoms. The van der Waals surface area contributed by atoms with Gasteiger partial charge >= 0.3 is 0 Å². The standard InChI is InChI=1S/C16H25N3O/c1-12-5-4-10-17-15(12)16(20)18-11-13-6-8-14(9-7-13)19(2)3/h6-9,12,15,17H,4-5,10-11H2,1-3H3,(H,18,20). The highest BCUT2D eigenvalue weighted by atomic mass is 16.2. The number of hydrogen-bond acceptors (Lipinski definition) is 3. The average molecular weight is 275 g/mol. The third-order valence-electron chi connectivity index (χ3n) is 3.97. The molecule has 1 aromatic rings. The Morgan fingerprint density at radius 1 is 1.35 bits per heavy atom. The van der Waals surface area contributed by atoms with Crippen LogP contribution in [0.3, 0.4) is 0 Å². The molecule has 0 aliphatic carbocycles. The van der Waals surface area contributed by atoms with E-state index in [0.29, 0.717) is 12.5 Å². The lowest BCUT2D eigenvalue weighted by atomic mass is 9.92. The fourth-order valence-electron chi connectivity index (χ4n) is 2.61. The van der Waals surface area contributed by atoms with Gasteiger partial charge in [-0.25, -0.2) is 0 Å². The molecule has 2 N–H and O–H groups in total. The molecular formula is C16H25N3O. The number of carbonyl (C=O) groups is 1. The van der Waals surface area contributed by atoms with Crippen LogP contribution in [0.4, 0.5) is 5.69 Å². The van der Waals surface area contributed by atoms with Crippen molar-refractivity contribution in [2.24, 2.45) is 5.92 Å². The van der Waals surface area contributed by atoms with E-state index >= 15 is 0 Å². The Balaban J connectivity index is 1.86. The van der Waals surface area contributed by atoms with E-state index in [1.165, 1.54) is 5.69 Å². The van der Waals surface area contributed by atoms with Gasteiger partial charge < -0.3 is 15.5 Å². The van der Waals surface area contributed by atoms with E-state index in [0.717, 1.165) is 24.9 Å². The Bertz CT molecular complexity index is 442. The second-order valence-electron chi connectivity index (χ2n) is 5.83. The first-order chi connectivity index (χ1) is 9.58. The molecule has 4 heteroatoms. The van der Waals surface area contributed by atoms with E-state index in [4.69, 9.17) is 0 Å². The van der Waals surface area contributed by atoms with Gasteiger partial charge in [-0.15, -0.1) is 0 Å². The zero-order chi connectivity index (χ0) is 14.5. The lowest BCUT2D eigenvalue weighted by Gasteiger charge is -2.28. The van der Waals surface area contributed by atoms with Crippen LogP contribution in [0.2, 0.25) is 0 Å². The SMILES string of the molecule is CC1CCCNC1C(=O)NCc1ccc(N(C)C)cc1. The number of nitrogens with one attached hydrogen (secondary N) is 2. The second-order valence-corrected chi connectivity index (χ2v) is 5.83. The minimum atomic E-state index is -0.0372. The summed E-state index contributed by atoms with van der Waals surface area (Å²) in [7, 11) is 4.04. The molecule has 1 amide bonds. The van der Waals surface area contributed by atoms with E-state index in [-0.39, 0.29) is 11.9 Å². The van der Waals surface area contributed by atoms with Gasteiger partial charge in [0.2, 0.25) is 5.91 Å². The highest BCUT2D eigenvalue weighted by molar-refractivity contribution is 5.82. The molecule has 0 radical (unpaired) electrons. The van der Waals surface area contributed by atoms with Crippen LogP contribution in [0.5, 0.6) is 0 Å². The number of piperidine rings is 1. The fourth-order valence-corrected chi connectivity index (χ4v) is 2.61. The number of hydrogen-bond donors (Lipinski definition) is 2. The second kappa shape index (κ2) is 6.75. The Morgan fingerprint density at radius 3 is 2.65 bits per heavy atom. The molecule has 1 aromatic carbocycles. The lowest BCUT2D eigenvalue weighted by molar-refractivity contribution is -0.125. The van der Waals surface area contributed by atoms with Crippen LogP contribution in [0.15, 0.2) is 24.3 Å². The normalized spacial score (nSPS) is 22.4. The van der Waals surface area contributed by atoms with Crippen molar-refractivity contribution in [3.05, 3.63) is 29.8 Å². The van der Waals surface area contributed by atoms with Gasteiger partial charge in [-0.1, -0.05) is 19.1 Å². The average Bonchev–Trinajstić information content (AvgIpc) is 2.45. The third-order valence-corrected chi connectivity index (χ3v) is 3.97. The largest absolute Gasteiger partial charge is 0.378 e. The van der Waals surface area contributed by atoms with Crippen LogP contribution in [0.1, 0.15) is 25.3 Å². The summed E-state index contributed by atoms with van der Waals surface area (Å²) < 4.78 is 0. The summed E-state index contributed by atoms with van der Waals surface area (Å²) in [6.07, 6.45) is 2.29. The number of rotatable bonds is 4. The summed E-state index contributed by atoms with van der Waals surface area (Å²) in [6, 6.07) is 8.23. The molecule has 1 heterocycles.